The van der Waals surface area contributed by atoms with Crippen LogP contribution >= 0.6 is 0 Å². The molecule has 2 amide bonds. The third-order valence-corrected chi connectivity index (χ3v) is 11.6. The Kier molecular flexibility index (Phi) is 7.04. The highest BCUT2D eigenvalue weighted by Crippen LogP contribution is 2.41. The maximum atomic E-state index is 13.6. The molecule has 0 spiro atoms. The van der Waals surface area contributed by atoms with Crippen LogP contribution < -0.4 is 21.8 Å². The van der Waals surface area contributed by atoms with Gasteiger partial charge in [0.2, 0.25) is 0 Å². The van der Waals surface area contributed by atoms with Crippen LogP contribution in [0.2, 0.25) is 0 Å². The summed E-state index contributed by atoms with van der Waals surface area (Å²) in [5.41, 5.74) is 1.92. The van der Waals surface area contributed by atoms with E-state index in [0.717, 1.165) is 11.1 Å². The lowest BCUT2D eigenvalue weighted by atomic mass is 9.86. The smallest absolute Gasteiger partial charge is 0.343 e. The molecule has 0 fully saturated rings. The summed E-state index contributed by atoms with van der Waals surface area (Å²) in [6, 6.07) is 17.1. The molecule has 4 aliphatic heterocycles. The topological polar surface area (TPSA) is 204 Å². The number of hydrogen-bond donors (Lipinski definition) is 4. The molecule has 4 aromatic heterocycles. The highest BCUT2D eigenvalue weighted by Gasteiger charge is 2.46. The van der Waals surface area contributed by atoms with E-state index in [2.05, 4.69) is 10.6 Å². The maximum absolute atomic E-state index is 13.6. The number of fused-ring (bicyclic) bond motifs is 10. The molecule has 2 atom stereocenters. The molecule has 0 bridgehead atoms. The zero-order valence-electron chi connectivity index (χ0n) is 30.1. The van der Waals surface area contributed by atoms with Gasteiger partial charge in [-0.2, -0.15) is 0 Å². The quantitative estimate of drug-likeness (QED) is 0.188. The van der Waals surface area contributed by atoms with E-state index in [1.165, 1.54) is 0 Å². The van der Waals surface area contributed by atoms with Crippen LogP contribution in [0.3, 0.4) is 0 Å². The number of pyridine rings is 4. The number of aliphatic hydroxyl groups is 2. The number of carbonyl (C=O) groups excluding carboxylic acids is 3. The number of cyclic esters (lactones) is 2. The Labute approximate surface area is 316 Å². The zero-order chi connectivity index (χ0) is 38.8. The largest absolute Gasteiger partial charge is 0.458 e. The lowest BCUT2D eigenvalue weighted by Crippen LogP contribution is -2.44. The number of rotatable bonds is 4. The van der Waals surface area contributed by atoms with E-state index in [9.17, 15) is 34.2 Å². The lowest BCUT2D eigenvalue weighted by Gasteiger charge is -2.31. The van der Waals surface area contributed by atoms with E-state index in [-0.39, 0.29) is 72.5 Å². The van der Waals surface area contributed by atoms with Gasteiger partial charge in [0.1, 0.15) is 13.2 Å². The number of aromatic nitrogens is 4. The number of ether oxygens (including phenoxy) is 2. The fourth-order valence-electron chi connectivity index (χ4n) is 8.50. The Morgan fingerprint density at radius 2 is 1.12 bits per heavy atom. The van der Waals surface area contributed by atoms with Crippen LogP contribution in [0.4, 0.5) is 16.2 Å². The van der Waals surface area contributed by atoms with Crippen LogP contribution in [-0.2, 0) is 56.6 Å². The summed E-state index contributed by atoms with van der Waals surface area (Å²) in [6.07, 6.45) is 0.0769. The average Bonchev–Trinajstić information content (AvgIpc) is 3.74. The number of amides is 2. The van der Waals surface area contributed by atoms with Crippen LogP contribution in [0.25, 0.3) is 44.6 Å². The minimum absolute atomic E-state index is 0.0384. The van der Waals surface area contributed by atoms with Gasteiger partial charge in [-0.1, -0.05) is 26.0 Å². The van der Waals surface area contributed by atoms with Gasteiger partial charge in [-0.05, 0) is 61.4 Å². The van der Waals surface area contributed by atoms with Gasteiger partial charge in [0, 0.05) is 33.0 Å². The second kappa shape index (κ2) is 11.6. The first-order valence-corrected chi connectivity index (χ1v) is 18.2. The molecular weight excluding hydrogens is 720 g/mol. The van der Waals surface area contributed by atoms with Crippen molar-refractivity contribution in [1.82, 2.24) is 19.1 Å². The van der Waals surface area contributed by atoms with Crippen molar-refractivity contribution < 1.29 is 34.1 Å². The number of carbonyl (C=O) groups is 3. The minimum Gasteiger partial charge on any atom is -0.458 e. The Morgan fingerprint density at radius 3 is 1.54 bits per heavy atom. The van der Waals surface area contributed by atoms with Gasteiger partial charge >= 0.3 is 18.0 Å². The van der Waals surface area contributed by atoms with Gasteiger partial charge < -0.3 is 39.5 Å². The summed E-state index contributed by atoms with van der Waals surface area (Å²) < 4.78 is 13.5. The normalized spacial score (nSPS) is 20.0. The molecule has 4 N–H and O–H groups in total. The standard InChI is InChI=1S/C41H32N6O9/c1-3-40(53)25-13-31-33-19(15-46(31)35(48)23(25)17-55-37(40)50)11-21-27(42-33)7-5-9-29(21)44-39(52)45-30-10-6-8-28-22(30)12-20-16-47-32(34(20)43-28)14-26-24(36(47)49)18-56-38(51)41(26,54)4-2/h5-14,53-54H,3-4,15-18H2,1-2H3,(H2,44,45,52)/t40-,41-/m0/s1. The summed E-state index contributed by atoms with van der Waals surface area (Å²) in [4.78, 5) is 75.7. The number of anilines is 2. The minimum atomic E-state index is -1.93. The number of urea groups is 1. The average molecular weight is 753 g/mol. The maximum Gasteiger partial charge on any atom is 0.343 e. The molecular formula is C41H32N6O9. The highest BCUT2D eigenvalue weighted by atomic mass is 16.6. The second-order valence-electron chi connectivity index (χ2n) is 14.5. The Hall–Kier alpha value is -6.71. The Bertz CT molecular complexity index is 2760. The SMILES string of the molecule is CC[C@@]1(O)C(=O)OCc2c1cc1n(c2=O)Cc2cc3c(NC(=O)Nc4cccc5nc6c(cc45)Cn4c-6cc5c(c4=O)COC(=O)[C@]5(O)CC)cccc3nc2-1. The number of nitrogens with zero attached hydrogens (tertiary/aromatic N) is 4. The summed E-state index contributed by atoms with van der Waals surface area (Å²) >= 11 is 0. The van der Waals surface area contributed by atoms with E-state index in [1.807, 2.05) is 12.1 Å². The lowest BCUT2D eigenvalue weighted by molar-refractivity contribution is -0.172. The van der Waals surface area contributed by atoms with Crippen molar-refractivity contribution in [2.24, 2.45) is 0 Å². The predicted molar refractivity (Wildman–Crippen MR) is 202 cm³/mol. The molecule has 2 aromatic carbocycles. The first-order valence-electron chi connectivity index (χ1n) is 18.2. The summed E-state index contributed by atoms with van der Waals surface area (Å²) in [7, 11) is 0. The molecule has 10 rings (SSSR count). The van der Waals surface area contributed by atoms with Crippen molar-refractivity contribution in [3.63, 3.8) is 0 Å². The predicted octanol–water partition coefficient (Wildman–Crippen LogP) is 4.12. The summed E-state index contributed by atoms with van der Waals surface area (Å²) in [6.45, 7) is 3.26. The molecule has 15 nitrogen and oxygen atoms in total. The van der Waals surface area contributed by atoms with Crippen LogP contribution in [0.5, 0.6) is 0 Å². The van der Waals surface area contributed by atoms with Crippen LogP contribution in [0.15, 0.2) is 70.3 Å². The fourth-order valence-corrected chi connectivity index (χ4v) is 8.50. The highest BCUT2D eigenvalue weighted by molar-refractivity contribution is 6.09. The molecule has 0 saturated heterocycles. The summed E-state index contributed by atoms with van der Waals surface area (Å²) in [5.74, 6) is -1.58. The fraction of sp³-hybridized carbons (Fsp3) is 0.244. The van der Waals surface area contributed by atoms with E-state index in [1.54, 1.807) is 71.5 Å². The van der Waals surface area contributed by atoms with Crippen molar-refractivity contribution in [3.8, 4) is 22.8 Å². The van der Waals surface area contributed by atoms with E-state index in [4.69, 9.17) is 19.4 Å². The third-order valence-electron chi connectivity index (χ3n) is 11.6. The van der Waals surface area contributed by atoms with Crippen LogP contribution in [0.1, 0.15) is 60.1 Å². The number of esters is 2. The molecule has 8 heterocycles. The zero-order valence-corrected chi connectivity index (χ0v) is 30.1. The molecule has 0 saturated carbocycles. The van der Waals surface area contributed by atoms with Gasteiger partial charge in [-0.25, -0.2) is 24.4 Å². The Balaban J connectivity index is 0.961. The number of nitrogens with one attached hydrogen (secondary N) is 2. The van der Waals surface area contributed by atoms with Crippen molar-refractivity contribution in [1.29, 1.82) is 0 Å². The second-order valence-corrected chi connectivity index (χ2v) is 14.5. The summed E-state index contributed by atoms with van der Waals surface area (Å²) in [5, 5.41) is 29.5. The third kappa shape index (κ3) is 4.55. The molecule has 0 aliphatic carbocycles. The number of benzene rings is 2. The molecule has 6 aromatic rings. The van der Waals surface area contributed by atoms with E-state index >= 15 is 0 Å². The van der Waals surface area contributed by atoms with Gasteiger partial charge in [0.15, 0.2) is 11.2 Å². The molecule has 0 radical (unpaired) electrons. The van der Waals surface area contributed by atoms with Crippen LogP contribution in [-0.4, -0.2) is 47.3 Å². The van der Waals surface area contributed by atoms with Gasteiger partial charge in [-0.15, -0.1) is 0 Å². The van der Waals surface area contributed by atoms with Crippen molar-refractivity contribution >= 4 is 51.2 Å². The first-order chi connectivity index (χ1) is 26.9. The number of hydrogen-bond acceptors (Lipinski definition) is 11. The molecule has 56 heavy (non-hydrogen) atoms. The van der Waals surface area contributed by atoms with Crippen LogP contribution in [0, 0.1) is 0 Å². The molecule has 4 aliphatic rings. The molecule has 280 valence electrons. The van der Waals surface area contributed by atoms with Crippen molar-refractivity contribution in [3.05, 3.63) is 115 Å². The van der Waals surface area contributed by atoms with Gasteiger partial charge in [-0.3, -0.25) is 9.59 Å². The monoisotopic (exact) mass is 752 g/mol. The molecule has 15 heteroatoms. The first kappa shape index (κ1) is 33.8. The Morgan fingerprint density at radius 1 is 0.696 bits per heavy atom. The van der Waals surface area contributed by atoms with Gasteiger partial charge in [0.25, 0.3) is 11.1 Å². The van der Waals surface area contributed by atoms with E-state index < -0.39 is 29.2 Å². The van der Waals surface area contributed by atoms with Crippen molar-refractivity contribution in [2.75, 3.05) is 10.6 Å². The molecule has 0 unspecified atom stereocenters. The van der Waals surface area contributed by atoms with E-state index in [0.29, 0.717) is 56.0 Å². The van der Waals surface area contributed by atoms with Gasteiger partial charge in [0.05, 0.1) is 69.4 Å². The van der Waals surface area contributed by atoms with Crippen molar-refractivity contribution in [2.45, 2.75) is 64.2 Å².